The quantitative estimate of drug-likeness (QED) is 0.284. The first-order valence-corrected chi connectivity index (χ1v) is 6.56. The zero-order valence-electron chi connectivity index (χ0n) is 12.5. The molecule has 0 aliphatic carbocycles. The SMILES string of the molecule is COCCCNC(=O)C(=O)N/N=C\c1cccc(OC)c1O. The molecule has 22 heavy (non-hydrogen) atoms. The number of nitrogens with one attached hydrogen (secondary N) is 2. The van der Waals surface area contributed by atoms with Crippen LogP contribution in [-0.2, 0) is 14.3 Å². The van der Waals surface area contributed by atoms with Crippen molar-refractivity contribution in [2.45, 2.75) is 6.42 Å². The highest BCUT2D eigenvalue weighted by Crippen LogP contribution is 2.27. The van der Waals surface area contributed by atoms with E-state index in [2.05, 4.69) is 15.8 Å². The zero-order valence-corrected chi connectivity index (χ0v) is 12.5. The average Bonchev–Trinajstić information content (AvgIpc) is 2.52. The topological polar surface area (TPSA) is 109 Å². The number of para-hydroxylation sites is 1. The molecule has 0 bridgehead atoms. The van der Waals surface area contributed by atoms with Crippen molar-refractivity contribution in [2.24, 2.45) is 5.10 Å². The molecule has 2 amide bonds. The number of hydrogen-bond donors (Lipinski definition) is 3. The molecule has 0 aliphatic heterocycles. The number of nitrogens with zero attached hydrogens (tertiary/aromatic N) is 1. The molecule has 0 aromatic heterocycles. The molecule has 3 N–H and O–H groups in total. The summed E-state index contributed by atoms with van der Waals surface area (Å²) in [6, 6.07) is 4.82. The highest BCUT2D eigenvalue weighted by Gasteiger charge is 2.11. The van der Waals surface area contributed by atoms with Crippen LogP contribution in [0.25, 0.3) is 0 Å². The number of aromatic hydroxyl groups is 1. The Balaban J connectivity index is 2.48. The molecule has 0 saturated carbocycles. The van der Waals surface area contributed by atoms with Gasteiger partial charge in [-0.1, -0.05) is 6.07 Å². The van der Waals surface area contributed by atoms with E-state index in [9.17, 15) is 14.7 Å². The van der Waals surface area contributed by atoms with Crippen LogP contribution >= 0.6 is 0 Å². The minimum absolute atomic E-state index is 0.105. The minimum Gasteiger partial charge on any atom is -0.504 e. The van der Waals surface area contributed by atoms with Crippen LogP contribution < -0.4 is 15.5 Å². The van der Waals surface area contributed by atoms with Gasteiger partial charge in [0, 0.05) is 25.8 Å². The van der Waals surface area contributed by atoms with E-state index in [4.69, 9.17) is 9.47 Å². The first kappa shape index (κ1) is 17.4. The number of phenols is 1. The minimum atomic E-state index is -0.893. The van der Waals surface area contributed by atoms with Gasteiger partial charge < -0.3 is 19.9 Å². The van der Waals surface area contributed by atoms with Crippen molar-refractivity contribution < 1.29 is 24.2 Å². The van der Waals surface area contributed by atoms with E-state index >= 15 is 0 Å². The number of amides is 2. The van der Waals surface area contributed by atoms with Crippen LogP contribution in [0, 0.1) is 0 Å². The number of methoxy groups -OCH3 is 2. The molecule has 0 aliphatic rings. The fourth-order valence-electron chi connectivity index (χ4n) is 1.52. The first-order chi connectivity index (χ1) is 10.6. The van der Waals surface area contributed by atoms with E-state index in [-0.39, 0.29) is 11.5 Å². The third-order valence-corrected chi connectivity index (χ3v) is 2.64. The first-order valence-electron chi connectivity index (χ1n) is 6.56. The molecule has 0 unspecified atom stereocenters. The molecule has 8 nitrogen and oxygen atoms in total. The molecular weight excluding hydrogens is 290 g/mol. The summed E-state index contributed by atoms with van der Waals surface area (Å²) < 4.78 is 9.76. The standard InChI is InChI=1S/C14H19N3O5/c1-21-8-4-7-15-13(19)14(20)17-16-9-10-5-3-6-11(22-2)12(10)18/h3,5-6,9,18H,4,7-8H2,1-2H3,(H,15,19)(H,17,20)/b16-9-. The van der Waals surface area contributed by atoms with Gasteiger partial charge in [-0.3, -0.25) is 9.59 Å². The lowest BCUT2D eigenvalue weighted by atomic mass is 10.2. The smallest absolute Gasteiger partial charge is 0.329 e. The van der Waals surface area contributed by atoms with Gasteiger partial charge >= 0.3 is 11.8 Å². The Morgan fingerprint density at radius 2 is 2.09 bits per heavy atom. The van der Waals surface area contributed by atoms with E-state index in [1.807, 2.05) is 0 Å². The van der Waals surface area contributed by atoms with Crippen LogP contribution in [0.5, 0.6) is 11.5 Å². The molecule has 0 fully saturated rings. The summed E-state index contributed by atoms with van der Waals surface area (Å²) in [4.78, 5) is 22.9. The monoisotopic (exact) mass is 309 g/mol. The fraction of sp³-hybridized carbons (Fsp3) is 0.357. The molecular formula is C14H19N3O5. The van der Waals surface area contributed by atoms with Crippen molar-refractivity contribution in [1.82, 2.24) is 10.7 Å². The third-order valence-electron chi connectivity index (χ3n) is 2.64. The Hall–Kier alpha value is -2.61. The predicted octanol–water partition coefficient (Wildman–Crippen LogP) is 0.00360. The summed E-state index contributed by atoms with van der Waals surface area (Å²) in [6.45, 7) is 0.829. The van der Waals surface area contributed by atoms with Gasteiger partial charge in [0.15, 0.2) is 11.5 Å². The molecule has 0 saturated heterocycles. The lowest BCUT2D eigenvalue weighted by Crippen LogP contribution is -2.38. The van der Waals surface area contributed by atoms with E-state index in [0.29, 0.717) is 25.1 Å². The Morgan fingerprint density at radius 1 is 1.32 bits per heavy atom. The van der Waals surface area contributed by atoms with Gasteiger partial charge in [-0.25, -0.2) is 5.43 Å². The van der Waals surface area contributed by atoms with Crippen molar-refractivity contribution in [3.63, 3.8) is 0 Å². The third kappa shape index (κ3) is 5.41. The van der Waals surface area contributed by atoms with E-state index < -0.39 is 11.8 Å². The van der Waals surface area contributed by atoms with Crippen molar-refractivity contribution >= 4 is 18.0 Å². The summed E-state index contributed by atoms with van der Waals surface area (Å²) in [7, 11) is 2.98. The van der Waals surface area contributed by atoms with Crippen LogP contribution in [0.4, 0.5) is 0 Å². The summed E-state index contributed by atoms with van der Waals surface area (Å²) in [5.41, 5.74) is 2.42. The van der Waals surface area contributed by atoms with Crippen LogP contribution in [0.1, 0.15) is 12.0 Å². The second kappa shape index (κ2) is 9.35. The molecule has 0 radical (unpaired) electrons. The number of ether oxygens (including phenoxy) is 2. The van der Waals surface area contributed by atoms with E-state index in [1.54, 1.807) is 25.3 Å². The normalized spacial score (nSPS) is 10.5. The molecule has 1 rings (SSSR count). The maximum Gasteiger partial charge on any atom is 0.329 e. The Morgan fingerprint density at radius 3 is 2.77 bits per heavy atom. The molecule has 8 heteroatoms. The number of benzene rings is 1. The molecule has 1 aromatic rings. The van der Waals surface area contributed by atoms with Crippen LogP contribution in [0.3, 0.4) is 0 Å². The van der Waals surface area contributed by atoms with Crippen molar-refractivity contribution in [3.8, 4) is 11.5 Å². The predicted molar refractivity (Wildman–Crippen MR) is 79.9 cm³/mol. The lowest BCUT2D eigenvalue weighted by Gasteiger charge is -2.05. The summed E-state index contributed by atoms with van der Waals surface area (Å²) in [5, 5.41) is 15.8. The van der Waals surface area contributed by atoms with Crippen LogP contribution in [-0.4, -0.2) is 50.5 Å². The zero-order chi connectivity index (χ0) is 16.4. The highest BCUT2D eigenvalue weighted by atomic mass is 16.5. The maximum absolute atomic E-state index is 11.4. The Bertz CT molecular complexity index is 545. The summed E-state index contributed by atoms with van der Waals surface area (Å²) in [5.74, 6) is -1.50. The highest BCUT2D eigenvalue weighted by molar-refractivity contribution is 6.35. The number of carbonyl (C=O) groups excluding carboxylic acids is 2. The van der Waals surface area contributed by atoms with Crippen LogP contribution in [0.15, 0.2) is 23.3 Å². The number of carbonyl (C=O) groups is 2. The van der Waals surface area contributed by atoms with Gasteiger partial charge in [0.2, 0.25) is 0 Å². The number of hydrogen-bond acceptors (Lipinski definition) is 6. The second-order valence-corrected chi connectivity index (χ2v) is 4.20. The fourth-order valence-corrected chi connectivity index (χ4v) is 1.52. The molecule has 0 atom stereocenters. The Kier molecular flexibility index (Phi) is 7.41. The van der Waals surface area contributed by atoms with Gasteiger partial charge in [0.1, 0.15) is 0 Å². The molecule has 120 valence electrons. The van der Waals surface area contributed by atoms with Gasteiger partial charge in [0.05, 0.1) is 13.3 Å². The largest absolute Gasteiger partial charge is 0.504 e. The maximum atomic E-state index is 11.4. The molecule has 1 aromatic carbocycles. The van der Waals surface area contributed by atoms with Gasteiger partial charge in [-0.05, 0) is 18.6 Å². The van der Waals surface area contributed by atoms with Crippen molar-refractivity contribution in [2.75, 3.05) is 27.4 Å². The molecule has 0 spiro atoms. The van der Waals surface area contributed by atoms with Crippen molar-refractivity contribution in [1.29, 1.82) is 0 Å². The van der Waals surface area contributed by atoms with E-state index in [1.165, 1.54) is 13.3 Å². The van der Waals surface area contributed by atoms with Crippen LogP contribution in [0.2, 0.25) is 0 Å². The summed E-state index contributed by atoms with van der Waals surface area (Å²) >= 11 is 0. The van der Waals surface area contributed by atoms with E-state index in [0.717, 1.165) is 0 Å². The lowest BCUT2D eigenvalue weighted by molar-refractivity contribution is -0.139. The summed E-state index contributed by atoms with van der Waals surface area (Å²) in [6.07, 6.45) is 1.82. The van der Waals surface area contributed by atoms with Gasteiger partial charge in [-0.2, -0.15) is 5.10 Å². The second-order valence-electron chi connectivity index (χ2n) is 4.20. The number of rotatable bonds is 7. The van der Waals surface area contributed by atoms with Gasteiger partial charge in [-0.15, -0.1) is 0 Å². The number of phenolic OH excluding ortho intramolecular Hbond substituents is 1. The van der Waals surface area contributed by atoms with Crippen molar-refractivity contribution in [3.05, 3.63) is 23.8 Å². The number of hydrazone groups is 1. The van der Waals surface area contributed by atoms with Gasteiger partial charge in [0.25, 0.3) is 0 Å². The average molecular weight is 309 g/mol. The molecule has 0 heterocycles. The Labute approximate surface area is 128 Å².